The van der Waals surface area contributed by atoms with E-state index in [1.54, 1.807) is 4.80 Å². The molecule has 21 heavy (non-hydrogen) atoms. The van der Waals surface area contributed by atoms with Crippen LogP contribution in [-0.2, 0) is 6.54 Å². The fraction of sp³-hybridized carbons (Fsp3) is 0.562. The molecule has 114 valence electrons. The molecule has 0 aliphatic carbocycles. The second kappa shape index (κ2) is 9.23. The Labute approximate surface area is 126 Å². The highest BCUT2D eigenvalue weighted by atomic mass is 15.6. The summed E-state index contributed by atoms with van der Waals surface area (Å²) in [5, 5.41) is 16.1. The van der Waals surface area contributed by atoms with Crippen LogP contribution < -0.4 is 5.32 Å². The molecule has 0 aliphatic rings. The zero-order valence-corrected chi connectivity index (χ0v) is 12.8. The molecule has 1 aromatic carbocycles. The highest BCUT2D eigenvalue weighted by Crippen LogP contribution is 2.12. The van der Waals surface area contributed by atoms with Gasteiger partial charge in [-0.25, -0.2) is 0 Å². The van der Waals surface area contributed by atoms with E-state index in [-0.39, 0.29) is 0 Å². The van der Waals surface area contributed by atoms with Crippen LogP contribution in [0.2, 0.25) is 0 Å². The number of tetrazole rings is 1. The third kappa shape index (κ3) is 5.63. The fourth-order valence-corrected chi connectivity index (χ4v) is 2.20. The van der Waals surface area contributed by atoms with Gasteiger partial charge < -0.3 is 5.32 Å². The zero-order valence-electron chi connectivity index (χ0n) is 12.8. The Morgan fingerprint density at radius 2 is 1.81 bits per heavy atom. The quantitative estimate of drug-likeness (QED) is 0.683. The number of aryl methyl sites for hydroxylation is 1. The molecule has 0 aliphatic heterocycles. The first-order valence-corrected chi connectivity index (χ1v) is 7.94. The second-order valence-electron chi connectivity index (χ2n) is 5.24. The Balaban J connectivity index is 1.63. The lowest BCUT2D eigenvalue weighted by molar-refractivity contribution is 0.474. The number of hydrogen-bond acceptors (Lipinski definition) is 4. The Hall–Kier alpha value is -1.75. The van der Waals surface area contributed by atoms with Gasteiger partial charge in [-0.3, -0.25) is 0 Å². The van der Waals surface area contributed by atoms with Crippen LogP contribution in [0.15, 0.2) is 30.3 Å². The van der Waals surface area contributed by atoms with Crippen molar-refractivity contribution < 1.29 is 0 Å². The van der Waals surface area contributed by atoms with Crippen molar-refractivity contribution in [3.05, 3.63) is 30.3 Å². The van der Waals surface area contributed by atoms with Crippen molar-refractivity contribution in [2.75, 3.05) is 13.1 Å². The van der Waals surface area contributed by atoms with E-state index in [0.29, 0.717) is 5.82 Å². The van der Waals surface area contributed by atoms with Gasteiger partial charge in [0.2, 0.25) is 5.82 Å². The number of unbranched alkanes of at least 4 members (excludes halogenated alkanes) is 3. The zero-order chi connectivity index (χ0) is 14.8. The summed E-state index contributed by atoms with van der Waals surface area (Å²) < 4.78 is 0. The van der Waals surface area contributed by atoms with Gasteiger partial charge in [0.05, 0.1) is 6.54 Å². The molecule has 5 nitrogen and oxygen atoms in total. The van der Waals surface area contributed by atoms with Gasteiger partial charge in [0.25, 0.3) is 0 Å². The van der Waals surface area contributed by atoms with Crippen LogP contribution in [0.4, 0.5) is 0 Å². The minimum Gasteiger partial charge on any atom is -0.317 e. The number of nitrogens with one attached hydrogen (secondary N) is 1. The summed E-state index contributed by atoms with van der Waals surface area (Å²) in [4.78, 5) is 1.71. The molecule has 5 heteroatoms. The van der Waals surface area contributed by atoms with E-state index in [1.165, 1.54) is 25.7 Å². The summed E-state index contributed by atoms with van der Waals surface area (Å²) >= 11 is 0. The van der Waals surface area contributed by atoms with Crippen LogP contribution in [0.5, 0.6) is 0 Å². The third-order valence-corrected chi connectivity index (χ3v) is 3.37. The van der Waals surface area contributed by atoms with Crippen molar-refractivity contribution in [2.45, 2.75) is 45.6 Å². The molecule has 0 amide bonds. The molecule has 0 saturated heterocycles. The maximum absolute atomic E-state index is 4.42. The topological polar surface area (TPSA) is 55.6 Å². The number of aromatic nitrogens is 4. The number of rotatable bonds is 10. The van der Waals surface area contributed by atoms with Crippen molar-refractivity contribution >= 4 is 0 Å². The van der Waals surface area contributed by atoms with Crippen molar-refractivity contribution in [3.63, 3.8) is 0 Å². The highest BCUT2D eigenvalue weighted by Gasteiger charge is 2.04. The van der Waals surface area contributed by atoms with Gasteiger partial charge >= 0.3 is 0 Å². The molecule has 0 radical (unpaired) electrons. The standard InChI is InChI=1S/C16H25N5/c1-2-12-17-13-8-3-4-9-14-21-19-16(18-20-21)15-10-6-5-7-11-15/h5-7,10-11,17H,2-4,8-9,12-14H2,1H3. The molecule has 1 heterocycles. The van der Waals surface area contributed by atoms with Gasteiger partial charge in [-0.05, 0) is 37.6 Å². The molecule has 0 spiro atoms. The molecule has 0 saturated carbocycles. The van der Waals surface area contributed by atoms with Crippen LogP contribution >= 0.6 is 0 Å². The third-order valence-electron chi connectivity index (χ3n) is 3.37. The number of hydrogen-bond donors (Lipinski definition) is 1. The first kappa shape index (κ1) is 15.6. The molecule has 0 unspecified atom stereocenters. The van der Waals surface area contributed by atoms with Gasteiger partial charge in [0.1, 0.15) is 0 Å². The first-order chi connectivity index (χ1) is 10.4. The van der Waals surface area contributed by atoms with Crippen LogP contribution in [0, 0.1) is 0 Å². The Morgan fingerprint density at radius 1 is 1.00 bits per heavy atom. The first-order valence-electron chi connectivity index (χ1n) is 7.94. The van der Waals surface area contributed by atoms with E-state index in [0.717, 1.165) is 31.6 Å². The Morgan fingerprint density at radius 3 is 2.62 bits per heavy atom. The van der Waals surface area contributed by atoms with E-state index < -0.39 is 0 Å². The largest absolute Gasteiger partial charge is 0.317 e. The minimum atomic E-state index is 0.708. The maximum atomic E-state index is 4.42. The average molecular weight is 287 g/mol. The summed E-state index contributed by atoms with van der Waals surface area (Å²) in [6.07, 6.45) is 6.05. The smallest absolute Gasteiger partial charge is 0.204 e. The predicted octanol–water partition coefficient (Wildman–Crippen LogP) is 2.90. The molecular formula is C16H25N5. The molecule has 2 rings (SSSR count). The summed E-state index contributed by atoms with van der Waals surface area (Å²) in [5.41, 5.74) is 1.02. The van der Waals surface area contributed by atoms with Crippen LogP contribution in [0.1, 0.15) is 39.0 Å². The molecule has 0 bridgehead atoms. The average Bonchev–Trinajstić information content (AvgIpc) is 3.00. The summed E-state index contributed by atoms with van der Waals surface area (Å²) in [7, 11) is 0. The van der Waals surface area contributed by atoms with E-state index in [9.17, 15) is 0 Å². The van der Waals surface area contributed by atoms with E-state index in [2.05, 4.69) is 27.7 Å². The van der Waals surface area contributed by atoms with Crippen molar-refractivity contribution in [1.82, 2.24) is 25.5 Å². The molecule has 1 N–H and O–H groups in total. The normalized spacial score (nSPS) is 10.9. The highest BCUT2D eigenvalue weighted by molar-refractivity contribution is 5.52. The minimum absolute atomic E-state index is 0.708. The van der Waals surface area contributed by atoms with Gasteiger partial charge in [-0.2, -0.15) is 4.80 Å². The lowest BCUT2D eigenvalue weighted by Gasteiger charge is -2.02. The van der Waals surface area contributed by atoms with Crippen LogP contribution in [0.3, 0.4) is 0 Å². The molecule has 2 aromatic rings. The predicted molar refractivity (Wildman–Crippen MR) is 84.9 cm³/mol. The lowest BCUT2D eigenvalue weighted by Crippen LogP contribution is -2.15. The van der Waals surface area contributed by atoms with Gasteiger partial charge in [0.15, 0.2) is 0 Å². The summed E-state index contributed by atoms with van der Waals surface area (Å²) in [5.74, 6) is 0.708. The van der Waals surface area contributed by atoms with Crippen LogP contribution in [0.25, 0.3) is 11.4 Å². The number of benzene rings is 1. The fourth-order valence-electron chi connectivity index (χ4n) is 2.20. The van der Waals surface area contributed by atoms with Gasteiger partial charge in [-0.15, -0.1) is 10.2 Å². The maximum Gasteiger partial charge on any atom is 0.204 e. The molecular weight excluding hydrogens is 262 g/mol. The Kier molecular flexibility index (Phi) is 6.88. The lowest BCUT2D eigenvalue weighted by atomic mass is 10.2. The van der Waals surface area contributed by atoms with E-state index in [4.69, 9.17) is 0 Å². The molecule has 1 aromatic heterocycles. The molecule has 0 atom stereocenters. The van der Waals surface area contributed by atoms with E-state index >= 15 is 0 Å². The van der Waals surface area contributed by atoms with Gasteiger partial charge in [-0.1, -0.05) is 50.1 Å². The summed E-state index contributed by atoms with van der Waals surface area (Å²) in [6.45, 7) is 5.31. The van der Waals surface area contributed by atoms with Crippen molar-refractivity contribution in [1.29, 1.82) is 0 Å². The monoisotopic (exact) mass is 287 g/mol. The van der Waals surface area contributed by atoms with E-state index in [1.807, 2.05) is 30.3 Å². The Bertz CT molecular complexity index is 494. The van der Waals surface area contributed by atoms with Crippen molar-refractivity contribution in [2.24, 2.45) is 0 Å². The number of nitrogens with zero attached hydrogens (tertiary/aromatic N) is 4. The van der Waals surface area contributed by atoms with Gasteiger partial charge in [0, 0.05) is 5.56 Å². The van der Waals surface area contributed by atoms with Crippen LogP contribution in [-0.4, -0.2) is 33.3 Å². The second-order valence-corrected chi connectivity index (χ2v) is 5.24. The van der Waals surface area contributed by atoms with Crippen molar-refractivity contribution in [3.8, 4) is 11.4 Å². The summed E-state index contributed by atoms with van der Waals surface area (Å²) in [6, 6.07) is 9.98. The molecule has 0 fully saturated rings. The SMILES string of the molecule is CCCNCCCCCCn1nnc(-c2ccccc2)n1.